The van der Waals surface area contributed by atoms with Gasteiger partial charge in [0.25, 0.3) is 0 Å². The molecule has 0 aromatic heterocycles. The Hall–Kier alpha value is -1.11. The van der Waals surface area contributed by atoms with E-state index in [2.05, 4.69) is 21.2 Å². The van der Waals surface area contributed by atoms with E-state index >= 15 is 0 Å². The minimum Gasteiger partial charge on any atom is -0.342 e. The second-order valence-electron chi connectivity index (χ2n) is 4.83. The lowest BCUT2D eigenvalue weighted by Crippen LogP contribution is -2.43. The number of rotatable bonds is 3. The number of amides is 2. The largest absolute Gasteiger partial charge is 0.342 e. The van der Waals surface area contributed by atoms with Crippen molar-refractivity contribution in [3.8, 4) is 0 Å². The van der Waals surface area contributed by atoms with Crippen LogP contribution in [0.1, 0.15) is 12.8 Å². The van der Waals surface area contributed by atoms with E-state index in [1.54, 1.807) is 4.90 Å². The van der Waals surface area contributed by atoms with E-state index in [-0.39, 0.29) is 36.7 Å². The maximum absolute atomic E-state index is 12.2. The molecule has 1 aliphatic rings. The van der Waals surface area contributed by atoms with Crippen molar-refractivity contribution in [2.45, 2.75) is 12.8 Å². The summed E-state index contributed by atoms with van der Waals surface area (Å²) in [4.78, 5) is 25.4. The van der Waals surface area contributed by atoms with Crippen molar-refractivity contribution in [3.05, 3.63) is 28.7 Å². The second-order valence-corrected chi connectivity index (χ2v) is 5.68. The van der Waals surface area contributed by atoms with Crippen LogP contribution in [0.4, 0.5) is 5.69 Å². The lowest BCUT2D eigenvalue weighted by atomic mass is 9.95. The van der Waals surface area contributed by atoms with Gasteiger partial charge in [0, 0.05) is 23.5 Å². The first-order valence-corrected chi connectivity index (χ1v) is 7.44. The number of nitrogens with one attached hydrogen (secondary N) is 1. The Labute approximate surface area is 138 Å². The molecule has 1 saturated heterocycles. The molecule has 0 saturated carbocycles. The second kappa shape index (κ2) is 8.36. The topological polar surface area (TPSA) is 75.4 Å². The molecule has 1 aromatic carbocycles. The molecule has 0 bridgehead atoms. The standard InChI is InChI=1S/C14H18BrN3O2.ClH/c15-11-3-1-2-4-12(11)17-14(20)10-5-7-18(8-6-10)13(19)9-16;/h1-4,10H,5-9,16H2,(H,17,20);1H. The number of benzene rings is 1. The SMILES string of the molecule is Cl.NCC(=O)N1CCC(C(=O)Nc2ccccc2Br)CC1. The highest BCUT2D eigenvalue weighted by Gasteiger charge is 2.26. The first-order valence-electron chi connectivity index (χ1n) is 6.65. The lowest BCUT2D eigenvalue weighted by molar-refractivity contribution is -0.133. The van der Waals surface area contributed by atoms with Gasteiger partial charge in [0.05, 0.1) is 12.2 Å². The van der Waals surface area contributed by atoms with Crippen molar-refractivity contribution >= 4 is 45.8 Å². The molecule has 116 valence electrons. The van der Waals surface area contributed by atoms with Crippen molar-refractivity contribution < 1.29 is 9.59 Å². The molecular weight excluding hydrogens is 358 g/mol. The van der Waals surface area contributed by atoms with Gasteiger partial charge in [-0.05, 0) is 40.9 Å². The van der Waals surface area contributed by atoms with E-state index < -0.39 is 0 Å². The van der Waals surface area contributed by atoms with Crippen LogP contribution in [0.5, 0.6) is 0 Å². The fourth-order valence-electron chi connectivity index (χ4n) is 2.32. The molecule has 1 heterocycles. The van der Waals surface area contributed by atoms with E-state index in [1.807, 2.05) is 24.3 Å². The van der Waals surface area contributed by atoms with Crippen molar-refractivity contribution in [1.82, 2.24) is 4.90 Å². The van der Waals surface area contributed by atoms with Crippen molar-refractivity contribution in [3.63, 3.8) is 0 Å². The summed E-state index contributed by atoms with van der Waals surface area (Å²) in [5.41, 5.74) is 6.12. The highest BCUT2D eigenvalue weighted by Crippen LogP contribution is 2.24. The molecule has 0 atom stereocenters. The zero-order valence-corrected chi connectivity index (χ0v) is 14.0. The van der Waals surface area contributed by atoms with Crippen molar-refractivity contribution in [2.24, 2.45) is 11.7 Å². The Morgan fingerprint density at radius 2 is 1.90 bits per heavy atom. The summed E-state index contributed by atoms with van der Waals surface area (Å²) in [6, 6.07) is 7.52. The molecule has 1 aliphatic heterocycles. The Kier molecular flexibility index (Phi) is 7.14. The van der Waals surface area contributed by atoms with Crippen LogP contribution >= 0.6 is 28.3 Å². The van der Waals surface area contributed by atoms with Gasteiger partial charge in [0.2, 0.25) is 11.8 Å². The number of para-hydroxylation sites is 1. The molecule has 0 unspecified atom stereocenters. The predicted molar refractivity (Wildman–Crippen MR) is 88.4 cm³/mol. The zero-order valence-electron chi connectivity index (χ0n) is 11.5. The molecule has 0 aliphatic carbocycles. The van der Waals surface area contributed by atoms with Gasteiger partial charge >= 0.3 is 0 Å². The molecule has 3 N–H and O–H groups in total. The van der Waals surface area contributed by atoms with Gasteiger partial charge in [-0.1, -0.05) is 12.1 Å². The summed E-state index contributed by atoms with van der Waals surface area (Å²) in [7, 11) is 0. The third-order valence-corrected chi connectivity index (χ3v) is 4.22. The van der Waals surface area contributed by atoms with Gasteiger partial charge < -0.3 is 16.0 Å². The van der Waals surface area contributed by atoms with Gasteiger partial charge in [0.1, 0.15) is 0 Å². The highest BCUT2D eigenvalue weighted by molar-refractivity contribution is 9.10. The summed E-state index contributed by atoms with van der Waals surface area (Å²) < 4.78 is 0.865. The molecule has 1 fully saturated rings. The monoisotopic (exact) mass is 375 g/mol. The van der Waals surface area contributed by atoms with Gasteiger partial charge in [-0.25, -0.2) is 0 Å². The quantitative estimate of drug-likeness (QED) is 0.847. The molecule has 2 amide bonds. The number of hydrogen-bond donors (Lipinski definition) is 2. The van der Waals surface area contributed by atoms with Crippen LogP contribution in [0.2, 0.25) is 0 Å². The van der Waals surface area contributed by atoms with Crippen LogP contribution in [-0.2, 0) is 9.59 Å². The number of nitrogens with zero attached hydrogens (tertiary/aromatic N) is 1. The molecule has 0 spiro atoms. The fourth-order valence-corrected chi connectivity index (χ4v) is 2.70. The number of carbonyl (C=O) groups excluding carboxylic acids is 2. The first kappa shape index (κ1) is 17.9. The van der Waals surface area contributed by atoms with Gasteiger partial charge in [-0.3, -0.25) is 9.59 Å². The predicted octanol–water partition coefficient (Wildman–Crippen LogP) is 2.01. The number of halogens is 2. The average molecular weight is 377 g/mol. The summed E-state index contributed by atoms with van der Waals surface area (Å²) in [5, 5.41) is 2.92. The number of hydrogen-bond acceptors (Lipinski definition) is 3. The summed E-state index contributed by atoms with van der Waals surface area (Å²) in [6.07, 6.45) is 1.37. The van der Waals surface area contributed by atoms with Gasteiger partial charge in [0.15, 0.2) is 0 Å². The molecule has 5 nitrogen and oxygen atoms in total. The summed E-state index contributed by atoms with van der Waals surface area (Å²) in [6.45, 7) is 1.24. The Bertz CT molecular complexity index is 505. The number of nitrogens with two attached hydrogens (primary N) is 1. The van der Waals surface area contributed by atoms with E-state index in [1.165, 1.54) is 0 Å². The summed E-state index contributed by atoms with van der Waals surface area (Å²) >= 11 is 3.41. The minimum atomic E-state index is -0.0519. The van der Waals surface area contributed by atoms with E-state index in [0.29, 0.717) is 25.9 Å². The molecule has 21 heavy (non-hydrogen) atoms. The zero-order chi connectivity index (χ0) is 14.5. The van der Waals surface area contributed by atoms with Crippen molar-refractivity contribution in [1.29, 1.82) is 0 Å². The van der Waals surface area contributed by atoms with Gasteiger partial charge in [-0.2, -0.15) is 0 Å². The highest BCUT2D eigenvalue weighted by atomic mass is 79.9. The number of carbonyl (C=O) groups is 2. The van der Waals surface area contributed by atoms with Crippen LogP contribution in [0.3, 0.4) is 0 Å². The molecule has 0 radical (unpaired) electrons. The lowest BCUT2D eigenvalue weighted by Gasteiger charge is -2.31. The average Bonchev–Trinajstić information content (AvgIpc) is 2.49. The number of piperidine rings is 1. The smallest absolute Gasteiger partial charge is 0.236 e. The minimum absolute atomic E-state index is 0. The Morgan fingerprint density at radius 3 is 2.48 bits per heavy atom. The van der Waals surface area contributed by atoms with Crippen LogP contribution in [-0.4, -0.2) is 36.3 Å². The first-order chi connectivity index (χ1) is 9.61. The Morgan fingerprint density at radius 1 is 1.29 bits per heavy atom. The summed E-state index contributed by atoms with van der Waals surface area (Å²) in [5.74, 6) is -0.0876. The molecule has 2 rings (SSSR count). The molecular formula is C14H19BrClN3O2. The number of likely N-dealkylation sites (tertiary alicyclic amines) is 1. The van der Waals surface area contributed by atoms with E-state index in [9.17, 15) is 9.59 Å². The Balaban J connectivity index is 0.00000220. The number of anilines is 1. The van der Waals surface area contributed by atoms with Crippen LogP contribution < -0.4 is 11.1 Å². The third kappa shape index (κ3) is 4.69. The fraction of sp³-hybridized carbons (Fsp3) is 0.429. The van der Waals surface area contributed by atoms with Crippen LogP contribution in [0.15, 0.2) is 28.7 Å². The van der Waals surface area contributed by atoms with E-state index in [0.717, 1.165) is 10.2 Å². The van der Waals surface area contributed by atoms with E-state index in [4.69, 9.17) is 5.73 Å². The van der Waals surface area contributed by atoms with Gasteiger partial charge in [-0.15, -0.1) is 12.4 Å². The van der Waals surface area contributed by atoms with Crippen LogP contribution in [0.25, 0.3) is 0 Å². The normalized spacial score (nSPS) is 15.2. The molecule has 1 aromatic rings. The van der Waals surface area contributed by atoms with Crippen molar-refractivity contribution in [2.75, 3.05) is 25.0 Å². The maximum atomic E-state index is 12.2. The van der Waals surface area contributed by atoms with Crippen LogP contribution in [0, 0.1) is 5.92 Å². The molecule has 7 heteroatoms. The third-order valence-electron chi connectivity index (χ3n) is 3.52. The maximum Gasteiger partial charge on any atom is 0.236 e.